The lowest BCUT2D eigenvalue weighted by Gasteiger charge is -2.22. The third-order valence-corrected chi connectivity index (χ3v) is 5.31. The maximum absolute atomic E-state index is 12.4. The highest BCUT2D eigenvalue weighted by molar-refractivity contribution is 7.89. The van der Waals surface area contributed by atoms with Gasteiger partial charge in [-0.2, -0.15) is 4.31 Å². The number of aromatic nitrogens is 1. The number of rotatable bonds is 3. The minimum Gasteiger partial charge on any atom is -0.360 e. The summed E-state index contributed by atoms with van der Waals surface area (Å²) in [6.07, 6.45) is 0.832. The van der Waals surface area contributed by atoms with Crippen LogP contribution in [0.3, 0.4) is 0 Å². The van der Waals surface area contributed by atoms with Crippen molar-refractivity contribution < 1.29 is 12.9 Å². The average molecular weight is 259 g/mol. The molecule has 1 atom stereocenters. The van der Waals surface area contributed by atoms with Gasteiger partial charge in [0.2, 0.25) is 10.0 Å². The van der Waals surface area contributed by atoms with Crippen LogP contribution in [0.5, 0.6) is 0 Å². The Morgan fingerprint density at radius 1 is 1.47 bits per heavy atom. The molecule has 0 saturated carbocycles. The van der Waals surface area contributed by atoms with E-state index in [4.69, 9.17) is 4.52 Å². The lowest BCUT2D eigenvalue weighted by Crippen LogP contribution is -2.38. The molecule has 1 aromatic rings. The molecule has 0 spiro atoms. The summed E-state index contributed by atoms with van der Waals surface area (Å²) < 4.78 is 31.2. The van der Waals surface area contributed by atoms with Gasteiger partial charge >= 0.3 is 0 Å². The molecular weight excluding hydrogens is 242 g/mol. The molecule has 1 fully saturated rings. The smallest absolute Gasteiger partial charge is 0.248 e. The molecule has 0 aromatic carbocycles. The van der Waals surface area contributed by atoms with Crippen molar-refractivity contribution in [1.82, 2.24) is 14.8 Å². The molecule has 1 aliphatic heterocycles. The Labute approximate surface area is 101 Å². The van der Waals surface area contributed by atoms with Crippen LogP contribution in [0.4, 0.5) is 0 Å². The first-order valence-corrected chi connectivity index (χ1v) is 7.00. The quantitative estimate of drug-likeness (QED) is 0.843. The van der Waals surface area contributed by atoms with E-state index in [9.17, 15) is 8.42 Å². The van der Waals surface area contributed by atoms with E-state index < -0.39 is 10.0 Å². The van der Waals surface area contributed by atoms with E-state index in [1.165, 1.54) is 4.31 Å². The summed E-state index contributed by atoms with van der Waals surface area (Å²) in [5.74, 6) is 0.348. The first-order valence-electron chi connectivity index (χ1n) is 5.56. The normalized spacial score (nSPS) is 21.3. The average Bonchev–Trinajstić information content (AvgIpc) is 2.87. The minimum atomic E-state index is -3.50. The SMILES string of the molecule is Cc1noc(C)c1S(=O)(=O)N(C)[C@@H]1CCNC1. The zero-order valence-corrected chi connectivity index (χ0v) is 11.0. The molecule has 6 nitrogen and oxygen atoms in total. The van der Waals surface area contributed by atoms with Crippen molar-refractivity contribution in [3.8, 4) is 0 Å². The molecule has 1 N–H and O–H groups in total. The molecule has 96 valence electrons. The first-order chi connectivity index (χ1) is 7.94. The topological polar surface area (TPSA) is 75.4 Å². The molecule has 2 rings (SSSR count). The van der Waals surface area contributed by atoms with Crippen molar-refractivity contribution in [2.45, 2.75) is 31.2 Å². The lowest BCUT2D eigenvalue weighted by molar-refractivity contribution is 0.380. The highest BCUT2D eigenvalue weighted by Crippen LogP contribution is 2.24. The second kappa shape index (κ2) is 4.40. The van der Waals surface area contributed by atoms with Gasteiger partial charge in [0.15, 0.2) is 5.76 Å². The highest BCUT2D eigenvalue weighted by Gasteiger charge is 2.34. The Morgan fingerprint density at radius 2 is 2.18 bits per heavy atom. The van der Waals surface area contributed by atoms with Crippen LogP contribution in [0.25, 0.3) is 0 Å². The lowest BCUT2D eigenvalue weighted by atomic mass is 10.3. The number of likely N-dealkylation sites (N-methyl/N-ethyl adjacent to an activating group) is 1. The molecule has 0 unspecified atom stereocenters. The second-order valence-corrected chi connectivity index (χ2v) is 6.26. The van der Waals surface area contributed by atoms with E-state index >= 15 is 0 Å². The number of sulfonamides is 1. The Bertz CT molecular complexity index is 483. The Morgan fingerprint density at radius 3 is 2.65 bits per heavy atom. The maximum atomic E-state index is 12.4. The molecular formula is C10H17N3O3S. The van der Waals surface area contributed by atoms with Gasteiger partial charge in [0.05, 0.1) is 0 Å². The van der Waals surface area contributed by atoms with E-state index in [1.54, 1.807) is 20.9 Å². The molecule has 1 aromatic heterocycles. The third kappa shape index (κ3) is 2.10. The van der Waals surface area contributed by atoms with Gasteiger partial charge < -0.3 is 9.84 Å². The summed E-state index contributed by atoms with van der Waals surface area (Å²) in [5, 5.41) is 6.85. The van der Waals surface area contributed by atoms with Crippen LogP contribution >= 0.6 is 0 Å². The molecule has 0 amide bonds. The van der Waals surface area contributed by atoms with Crippen LogP contribution in [0.1, 0.15) is 17.9 Å². The molecule has 0 radical (unpaired) electrons. The van der Waals surface area contributed by atoms with Gasteiger partial charge in [-0.05, 0) is 26.8 Å². The molecule has 1 saturated heterocycles. The summed E-state index contributed by atoms with van der Waals surface area (Å²) in [6.45, 7) is 4.81. The number of nitrogens with zero attached hydrogens (tertiary/aromatic N) is 2. The Kier molecular flexibility index (Phi) is 3.24. The summed E-state index contributed by atoms with van der Waals surface area (Å²) in [5.41, 5.74) is 0.417. The summed E-state index contributed by atoms with van der Waals surface area (Å²) in [4.78, 5) is 0.201. The standard InChI is InChI=1S/C10H17N3O3S/c1-7-10(8(2)16-12-7)17(14,15)13(3)9-4-5-11-6-9/h9,11H,4-6H2,1-3H3/t9-/m1/s1. The molecule has 1 aliphatic rings. The van der Waals surface area contributed by atoms with Crippen LogP contribution in [0.15, 0.2) is 9.42 Å². The second-order valence-electron chi connectivity index (χ2n) is 4.32. The Hall–Kier alpha value is -0.920. The molecule has 17 heavy (non-hydrogen) atoms. The van der Waals surface area contributed by atoms with Crippen LogP contribution in [0.2, 0.25) is 0 Å². The van der Waals surface area contributed by atoms with Gasteiger partial charge in [0, 0.05) is 19.6 Å². The Balaban J connectivity index is 2.36. The summed E-state index contributed by atoms with van der Waals surface area (Å²) in [6, 6.07) is 0.00806. The van der Waals surface area contributed by atoms with E-state index in [-0.39, 0.29) is 10.9 Å². The maximum Gasteiger partial charge on any atom is 0.248 e. The van der Waals surface area contributed by atoms with Gasteiger partial charge in [-0.25, -0.2) is 8.42 Å². The van der Waals surface area contributed by atoms with Crippen LogP contribution in [-0.4, -0.2) is 44.1 Å². The fraction of sp³-hybridized carbons (Fsp3) is 0.700. The van der Waals surface area contributed by atoms with Gasteiger partial charge in [-0.15, -0.1) is 0 Å². The van der Waals surface area contributed by atoms with Crippen molar-refractivity contribution in [3.05, 3.63) is 11.5 Å². The van der Waals surface area contributed by atoms with Crippen molar-refractivity contribution >= 4 is 10.0 Å². The molecule has 0 bridgehead atoms. The minimum absolute atomic E-state index is 0.00806. The largest absolute Gasteiger partial charge is 0.360 e. The third-order valence-electron chi connectivity index (χ3n) is 3.15. The van der Waals surface area contributed by atoms with Crippen LogP contribution in [0, 0.1) is 13.8 Å². The van der Waals surface area contributed by atoms with Crippen molar-refractivity contribution in [1.29, 1.82) is 0 Å². The van der Waals surface area contributed by atoms with E-state index in [2.05, 4.69) is 10.5 Å². The fourth-order valence-corrected chi connectivity index (χ4v) is 3.80. The van der Waals surface area contributed by atoms with E-state index in [0.717, 1.165) is 13.0 Å². The van der Waals surface area contributed by atoms with E-state index in [1.807, 2.05) is 0 Å². The van der Waals surface area contributed by atoms with Crippen molar-refractivity contribution in [2.24, 2.45) is 0 Å². The number of hydrogen-bond acceptors (Lipinski definition) is 5. The number of hydrogen-bond donors (Lipinski definition) is 1. The van der Waals surface area contributed by atoms with Gasteiger partial charge in [0.25, 0.3) is 0 Å². The monoisotopic (exact) mass is 259 g/mol. The molecule has 0 aliphatic carbocycles. The predicted molar refractivity (Wildman–Crippen MR) is 62.2 cm³/mol. The number of aryl methyl sites for hydroxylation is 2. The summed E-state index contributed by atoms with van der Waals surface area (Å²) >= 11 is 0. The number of nitrogens with one attached hydrogen (secondary N) is 1. The molecule has 7 heteroatoms. The predicted octanol–water partition coefficient (Wildman–Crippen LogP) is 0.274. The van der Waals surface area contributed by atoms with Gasteiger partial charge in [0.1, 0.15) is 10.6 Å². The molecule has 2 heterocycles. The van der Waals surface area contributed by atoms with Crippen LogP contribution < -0.4 is 5.32 Å². The highest BCUT2D eigenvalue weighted by atomic mass is 32.2. The first kappa shape index (κ1) is 12.5. The summed E-state index contributed by atoms with van der Waals surface area (Å²) in [7, 11) is -1.89. The fourth-order valence-electron chi connectivity index (χ4n) is 2.13. The van der Waals surface area contributed by atoms with Crippen molar-refractivity contribution in [3.63, 3.8) is 0 Å². The van der Waals surface area contributed by atoms with Gasteiger partial charge in [-0.1, -0.05) is 5.16 Å². The van der Waals surface area contributed by atoms with Crippen molar-refractivity contribution in [2.75, 3.05) is 20.1 Å². The van der Waals surface area contributed by atoms with Gasteiger partial charge in [-0.3, -0.25) is 0 Å². The van der Waals surface area contributed by atoms with Crippen LogP contribution in [-0.2, 0) is 10.0 Å². The zero-order valence-electron chi connectivity index (χ0n) is 10.2. The zero-order chi connectivity index (χ0) is 12.6. The van der Waals surface area contributed by atoms with E-state index in [0.29, 0.717) is 18.0 Å².